The number of rotatable bonds is 6. The van der Waals surface area contributed by atoms with Gasteiger partial charge in [-0.1, -0.05) is 13.3 Å². The van der Waals surface area contributed by atoms with Crippen molar-refractivity contribution < 1.29 is 9.53 Å². The third kappa shape index (κ3) is 4.28. The van der Waals surface area contributed by atoms with Crippen LogP contribution in [0.2, 0.25) is 0 Å². The Bertz CT molecular complexity index is 252. The van der Waals surface area contributed by atoms with Crippen molar-refractivity contribution in [2.75, 3.05) is 19.7 Å². The van der Waals surface area contributed by atoms with Gasteiger partial charge in [0.2, 0.25) is 5.91 Å². The zero-order valence-corrected chi connectivity index (χ0v) is 10.7. The van der Waals surface area contributed by atoms with Crippen molar-refractivity contribution >= 4 is 5.91 Å². The van der Waals surface area contributed by atoms with E-state index in [1.54, 1.807) is 0 Å². The van der Waals surface area contributed by atoms with Crippen LogP contribution in [0, 0.1) is 5.92 Å². The summed E-state index contributed by atoms with van der Waals surface area (Å²) in [4.78, 5) is 11.6. The van der Waals surface area contributed by atoms with Crippen molar-refractivity contribution in [1.82, 2.24) is 10.6 Å². The average molecular weight is 240 g/mol. The lowest BCUT2D eigenvalue weighted by molar-refractivity contribution is -0.123. The molecule has 1 aliphatic heterocycles. The Kier molecular flexibility index (Phi) is 4.80. The molecule has 2 N–H and O–H groups in total. The highest BCUT2D eigenvalue weighted by Crippen LogP contribution is 2.32. The van der Waals surface area contributed by atoms with E-state index >= 15 is 0 Å². The summed E-state index contributed by atoms with van der Waals surface area (Å²) in [6.45, 7) is 4.82. The van der Waals surface area contributed by atoms with Crippen molar-refractivity contribution in [3.8, 4) is 0 Å². The summed E-state index contributed by atoms with van der Waals surface area (Å²) < 4.78 is 5.71. The van der Waals surface area contributed by atoms with E-state index in [9.17, 15) is 4.79 Å². The molecule has 2 fully saturated rings. The van der Waals surface area contributed by atoms with Crippen LogP contribution in [-0.4, -0.2) is 37.7 Å². The fourth-order valence-corrected chi connectivity index (χ4v) is 2.43. The summed E-state index contributed by atoms with van der Waals surface area (Å²) in [5.41, 5.74) is 0. The highest BCUT2D eigenvalue weighted by molar-refractivity contribution is 5.76. The molecule has 1 saturated heterocycles. The molecule has 4 heteroatoms. The zero-order valence-electron chi connectivity index (χ0n) is 10.7. The van der Waals surface area contributed by atoms with E-state index in [2.05, 4.69) is 17.6 Å². The molecule has 1 saturated carbocycles. The second-order valence-electron chi connectivity index (χ2n) is 5.15. The number of nitrogens with one attached hydrogen (secondary N) is 2. The van der Waals surface area contributed by atoms with Crippen LogP contribution in [-0.2, 0) is 9.53 Å². The highest BCUT2D eigenvalue weighted by atomic mass is 16.5. The summed E-state index contributed by atoms with van der Waals surface area (Å²) in [5, 5.41) is 6.36. The predicted octanol–water partition coefficient (Wildman–Crippen LogP) is 1.06. The van der Waals surface area contributed by atoms with Crippen molar-refractivity contribution in [1.29, 1.82) is 0 Å². The largest absolute Gasteiger partial charge is 0.378 e. The summed E-state index contributed by atoms with van der Waals surface area (Å²) in [7, 11) is 0. The first-order valence-electron chi connectivity index (χ1n) is 6.91. The molecule has 0 bridgehead atoms. The highest BCUT2D eigenvalue weighted by Gasteiger charge is 2.36. The Hall–Kier alpha value is -0.610. The SMILES string of the molecule is CCC1CC1NC(=O)CCOC1CCNCC1. The van der Waals surface area contributed by atoms with Crippen LogP contribution >= 0.6 is 0 Å². The van der Waals surface area contributed by atoms with Crippen LogP contribution in [0.15, 0.2) is 0 Å². The van der Waals surface area contributed by atoms with Crippen molar-refractivity contribution in [3.63, 3.8) is 0 Å². The van der Waals surface area contributed by atoms with Gasteiger partial charge in [0.05, 0.1) is 12.7 Å². The first kappa shape index (κ1) is 12.8. The quantitative estimate of drug-likeness (QED) is 0.730. The summed E-state index contributed by atoms with van der Waals surface area (Å²) in [6, 6.07) is 0.450. The standard InChI is InChI=1S/C13H24N2O2/c1-2-10-9-12(10)15-13(16)5-8-17-11-3-6-14-7-4-11/h10-12,14H,2-9H2,1H3,(H,15,16). The fraction of sp³-hybridized carbons (Fsp3) is 0.923. The van der Waals surface area contributed by atoms with Crippen molar-refractivity contribution in [2.45, 2.75) is 51.2 Å². The molecule has 1 heterocycles. The van der Waals surface area contributed by atoms with Crippen molar-refractivity contribution in [3.05, 3.63) is 0 Å². The van der Waals surface area contributed by atoms with E-state index in [1.807, 2.05) is 0 Å². The third-order valence-corrected chi connectivity index (χ3v) is 3.76. The van der Waals surface area contributed by atoms with Gasteiger partial charge in [-0.05, 0) is 38.3 Å². The van der Waals surface area contributed by atoms with Crippen LogP contribution in [0.25, 0.3) is 0 Å². The molecule has 2 unspecified atom stereocenters. The number of piperidine rings is 1. The van der Waals surface area contributed by atoms with Crippen LogP contribution in [0.1, 0.15) is 39.0 Å². The van der Waals surface area contributed by atoms with Crippen LogP contribution in [0.4, 0.5) is 0 Å². The number of amides is 1. The lowest BCUT2D eigenvalue weighted by Gasteiger charge is -2.22. The second kappa shape index (κ2) is 6.36. The molecule has 2 aliphatic rings. The topological polar surface area (TPSA) is 50.4 Å². The number of ether oxygens (including phenoxy) is 1. The normalized spacial score (nSPS) is 29.0. The van der Waals surface area contributed by atoms with E-state index in [1.165, 1.54) is 6.42 Å². The van der Waals surface area contributed by atoms with Gasteiger partial charge in [-0.25, -0.2) is 0 Å². The number of hydrogen-bond acceptors (Lipinski definition) is 3. The van der Waals surface area contributed by atoms with E-state index in [-0.39, 0.29) is 5.91 Å². The second-order valence-corrected chi connectivity index (χ2v) is 5.15. The molecule has 1 aliphatic carbocycles. The molecule has 2 atom stereocenters. The molecular formula is C13H24N2O2. The van der Waals surface area contributed by atoms with Gasteiger partial charge in [0.1, 0.15) is 0 Å². The average Bonchev–Trinajstić information content (AvgIpc) is 3.09. The summed E-state index contributed by atoms with van der Waals surface area (Å²) in [6.07, 6.45) is 5.35. The minimum absolute atomic E-state index is 0.153. The lowest BCUT2D eigenvalue weighted by Crippen LogP contribution is -2.33. The number of hydrogen-bond donors (Lipinski definition) is 2. The molecule has 0 aromatic carbocycles. The van der Waals surface area contributed by atoms with Gasteiger partial charge < -0.3 is 15.4 Å². The van der Waals surface area contributed by atoms with Crippen LogP contribution in [0.5, 0.6) is 0 Å². The first-order valence-corrected chi connectivity index (χ1v) is 6.91. The van der Waals surface area contributed by atoms with Gasteiger partial charge in [0.15, 0.2) is 0 Å². The Morgan fingerprint density at radius 3 is 2.82 bits per heavy atom. The minimum atomic E-state index is 0.153. The van der Waals surface area contributed by atoms with E-state index < -0.39 is 0 Å². The summed E-state index contributed by atoms with van der Waals surface area (Å²) >= 11 is 0. The third-order valence-electron chi connectivity index (χ3n) is 3.76. The molecule has 0 aromatic rings. The maximum atomic E-state index is 11.6. The first-order chi connectivity index (χ1) is 8.29. The molecule has 2 rings (SSSR count). The maximum Gasteiger partial charge on any atom is 0.222 e. The van der Waals surface area contributed by atoms with Gasteiger partial charge in [0.25, 0.3) is 0 Å². The Labute approximate surface area is 103 Å². The summed E-state index contributed by atoms with van der Waals surface area (Å²) in [5.74, 6) is 0.879. The Morgan fingerprint density at radius 2 is 2.18 bits per heavy atom. The fourth-order valence-electron chi connectivity index (χ4n) is 2.43. The monoisotopic (exact) mass is 240 g/mol. The molecule has 1 amide bonds. The Balaban J connectivity index is 1.51. The van der Waals surface area contributed by atoms with Gasteiger partial charge in [0, 0.05) is 12.5 Å². The van der Waals surface area contributed by atoms with Gasteiger partial charge in [-0.3, -0.25) is 4.79 Å². The molecule has 0 radical (unpaired) electrons. The van der Waals surface area contributed by atoms with Crippen LogP contribution < -0.4 is 10.6 Å². The predicted molar refractivity (Wildman–Crippen MR) is 66.8 cm³/mol. The smallest absolute Gasteiger partial charge is 0.222 e. The van der Waals surface area contributed by atoms with E-state index in [0.717, 1.165) is 38.3 Å². The molecule has 4 nitrogen and oxygen atoms in total. The van der Waals surface area contributed by atoms with Gasteiger partial charge >= 0.3 is 0 Å². The van der Waals surface area contributed by atoms with Crippen LogP contribution in [0.3, 0.4) is 0 Å². The molecular weight excluding hydrogens is 216 g/mol. The number of carbonyl (C=O) groups is 1. The zero-order chi connectivity index (χ0) is 12.1. The molecule has 98 valence electrons. The van der Waals surface area contributed by atoms with Crippen molar-refractivity contribution in [2.24, 2.45) is 5.92 Å². The lowest BCUT2D eigenvalue weighted by atomic mass is 10.1. The van der Waals surface area contributed by atoms with Gasteiger partial charge in [-0.15, -0.1) is 0 Å². The minimum Gasteiger partial charge on any atom is -0.378 e. The Morgan fingerprint density at radius 1 is 1.41 bits per heavy atom. The molecule has 0 aromatic heterocycles. The van der Waals surface area contributed by atoms with Gasteiger partial charge in [-0.2, -0.15) is 0 Å². The molecule has 17 heavy (non-hydrogen) atoms. The van der Waals surface area contributed by atoms with E-state index in [4.69, 9.17) is 4.74 Å². The maximum absolute atomic E-state index is 11.6. The number of carbonyl (C=O) groups excluding carboxylic acids is 1. The van der Waals surface area contributed by atoms with E-state index in [0.29, 0.717) is 25.2 Å². The molecule has 0 spiro atoms.